The normalized spacial score (nSPS) is 12.0. The smallest absolute Gasteiger partial charge is 0.274 e. The number of carbonyl (C=O) groups excluding carboxylic acids is 1. The fraction of sp³-hybridized carbons (Fsp3) is 0.417. The number of aryl methyl sites for hydroxylation is 1. The zero-order chi connectivity index (χ0) is 12.1. The Morgan fingerprint density at radius 1 is 1.50 bits per heavy atom. The molecule has 3 N–H and O–H groups in total. The highest BCUT2D eigenvalue weighted by atomic mass is 16.5. The van der Waals surface area contributed by atoms with Crippen LogP contribution in [0.3, 0.4) is 0 Å². The largest absolute Gasteiger partial charge is 0.480 e. The fourth-order valence-electron chi connectivity index (χ4n) is 1.42. The molecular formula is C12H18N2O2. The van der Waals surface area contributed by atoms with Crippen LogP contribution in [0.1, 0.15) is 24.5 Å². The van der Waals surface area contributed by atoms with Crippen LogP contribution in [0.2, 0.25) is 0 Å². The summed E-state index contributed by atoms with van der Waals surface area (Å²) in [5, 5.41) is 0. The Morgan fingerprint density at radius 3 is 2.75 bits per heavy atom. The topological polar surface area (TPSA) is 64.3 Å². The van der Waals surface area contributed by atoms with Crippen molar-refractivity contribution < 1.29 is 9.53 Å². The quantitative estimate of drug-likeness (QED) is 0.460. The standard InChI is InChI=1S/C12H18N2O2/c1-4-10(12(15)14-13)16-11-7-5-6-8(2)9(11)3/h5-7,10H,4,13H2,1-3H3,(H,14,15). The van der Waals surface area contributed by atoms with Gasteiger partial charge >= 0.3 is 0 Å². The Labute approximate surface area is 95.8 Å². The van der Waals surface area contributed by atoms with Crippen LogP contribution in [-0.4, -0.2) is 12.0 Å². The van der Waals surface area contributed by atoms with Gasteiger partial charge in [0.05, 0.1) is 0 Å². The molecule has 88 valence electrons. The minimum atomic E-state index is -0.537. The first-order valence-corrected chi connectivity index (χ1v) is 5.33. The van der Waals surface area contributed by atoms with Crippen molar-refractivity contribution in [2.24, 2.45) is 5.84 Å². The monoisotopic (exact) mass is 222 g/mol. The van der Waals surface area contributed by atoms with E-state index in [2.05, 4.69) is 5.43 Å². The molecule has 0 bridgehead atoms. The number of rotatable bonds is 4. The molecule has 1 atom stereocenters. The minimum absolute atomic E-state index is 0.302. The number of nitrogens with one attached hydrogen (secondary N) is 1. The van der Waals surface area contributed by atoms with E-state index in [0.717, 1.165) is 16.9 Å². The van der Waals surface area contributed by atoms with Gasteiger partial charge in [-0.05, 0) is 37.5 Å². The summed E-state index contributed by atoms with van der Waals surface area (Å²) in [6.45, 7) is 5.86. The summed E-state index contributed by atoms with van der Waals surface area (Å²) < 4.78 is 5.64. The lowest BCUT2D eigenvalue weighted by molar-refractivity contribution is -0.128. The summed E-state index contributed by atoms with van der Waals surface area (Å²) in [6.07, 6.45) is 0.0432. The molecule has 0 aliphatic rings. The Hall–Kier alpha value is -1.55. The summed E-state index contributed by atoms with van der Waals surface area (Å²) in [7, 11) is 0. The predicted octanol–water partition coefficient (Wildman–Crippen LogP) is 1.45. The zero-order valence-corrected chi connectivity index (χ0v) is 9.91. The van der Waals surface area contributed by atoms with Crippen molar-refractivity contribution in [1.29, 1.82) is 0 Å². The van der Waals surface area contributed by atoms with Crippen molar-refractivity contribution in [3.8, 4) is 5.75 Å². The Kier molecular flexibility index (Phi) is 4.31. The highest BCUT2D eigenvalue weighted by Crippen LogP contribution is 2.22. The van der Waals surface area contributed by atoms with E-state index in [1.807, 2.05) is 39.0 Å². The highest BCUT2D eigenvalue weighted by Gasteiger charge is 2.17. The van der Waals surface area contributed by atoms with E-state index in [1.54, 1.807) is 0 Å². The van der Waals surface area contributed by atoms with E-state index < -0.39 is 6.10 Å². The van der Waals surface area contributed by atoms with E-state index in [-0.39, 0.29) is 5.91 Å². The predicted molar refractivity (Wildman–Crippen MR) is 63.0 cm³/mol. The Balaban J connectivity index is 2.86. The van der Waals surface area contributed by atoms with E-state index in [9.17, 15) is 4.79 Å². The maximum absolute atomic E-state index is 11.4. The van der Waals surface area contributed by atoms with Crippen molar-refractivity contribution in [1.82, 2.24) is 5.43 Å². The average molecular weight is 222 g/mol. The second kappa shape index (κ2) is 5.51. The lowest BCUT2D eigenvalue weighted by Gasteiger charge is -2.18. The van der Waals surface area contributed by atoms with Gasteiger partial charge in [-0.3, -0.25) is 10.2 Å². The van der Waals surface area contributed by atoms with Crippen LogP contribution in [0.5, 0.6) is 5.75 Å². The molecule has 0 saturated carbocycles. The van der Waals surface area contributed by atoms with E-state index in [1.165, 1.54) is 0 Å². The van der Waals surface area contributed by atoms with Crippen molar-refractivity contribution in [2.75, 3.05) is 0 Å². The molecule has 0 aliphatic carbocycles. The summed E-state index contributed by atoms with van der Waals surface area (Å²) >= 11 is 0. The number of carbonyl (C=O) groups is 1. The second-order valence-corrected chi connectivity index (χ2v) is 3.72. The first-order valence-electron chi connectivity index (χ1n) is 5.33. The molecule has 0 spiro atoms. The molecule has 0 saturated heterocycles. The zero-order valence-electron chi connectivity index (χ0n) is 9.91. The van der Waals surface area contributed by atoms with Gasteiger partial charge in [0.1, 0.15) is 5.75 Å². The third kappa shape index (κ3) is 2.73. The molecule has 0 aliphatic heterocycles. The number of benzene rings is 1. The summed E-state index contributed by atoms with van der Waals surface area (Å²) in [5.41, 5.74) is 4.29. The van der Waals surface area contributed by atoms with E-state index in [0.29, 0.717) is 6.42 Å². The summed E-state index contributed by atoms with van der Waals surface area (Å²) in [6, 6.07) is 5.77. The first kappa shape index (κ1) is 12.5. The number of hydrogen-bond donors (Lipinski definition) is 2. The molecule has 0 radical (unpaired) electrons. The number of hydrogen-bond acceptors (Lipinski definition) is 3. The Bertz CT molecular complexity index is 377. The van der Waals surface area contributed by atoms with Crippen LogP contribution in [0, 0.1) is 13.8 Å². The van der Waals surface area contributed by atoms with Crippen molar-refractivity contribution in [3.05, 3.63) is 29.3 Å². The lowest BCUT2D eigenvalue weighted by atomic mass is 10.1. The van der Waals surface area contributed by atoms with Gasteiger partial charge in [-0.1, -0.05) is 19.1 Å². The van der Waals surface area contributed by atoms with Crippen LogP contribution in [0.4, 0.5) is 0 Å². The van der Waals surface area contributed by atoms with Crippen LogP contribution < -0.4 is 16.0 Å². The first-order chi connectivity index (χ1) is 7.60. The fourth-order valence-corrected chi connectivity index (χ4v) is 1.42. The molecule has 0 fully saturated rings. The van der Waals surface area contributed by atoms with Gasteiger partial charge < -0.3 is 4.74 Å². The van der Waals surface area contributed by atoms with E-state index >= 15 is 0 Å². The number of amides is 1. The van der Waals surface area contributed by atoms with Gasteiger partial charge in [-0.25, -0.2) is 5.84 Å². The number of nitrogens with two attached hydrogens (primary N) is 1. The summed E-state index contributed by atoms with van der Waals surface area (Å²) in [5.74, 6) is 5.52. The minimum Gasteiger partial charge on any atom is -0.480 e. The molecule has 1 aromatic carbocycles. The van der Waals surface area contributed by atoms with Crippen molar-refractivity contribution >= 4 is 5.91 Å². The molecule has 16 heavy (non-hydrogen) atoms. The van der Waals surface area contributed by atoms with Crippen LogP contribution in [-0.2, 0) is 4.79 Å². The van der Waals surface area contributed by atoms with Gasteiger partial charge in [-0.15, -0.1) is 0 Å². The van der Waals surface area contributed by atoms with Gasteiger partial charge in [0.15, 0.2) is 6.10 Å². The molecule has 1 aromatic rings. The van der Waals surface area contributed by atoms with Crippen LogP contribution in [0.25, 0.3) is 0 Å². The number of ether oxygens (including phenoxy) is 1. The maximum Gasteiger partial charge on any atom is 0.274 e. The maximum atomic E-state index is 11.4. The summed E-state index contributed by atoms with van der Waals surface area (Å²) in [4.78, 5) is 11.4. The average Bonchev–Trinajstić information content (AvgIpc) is 2.30. The van der Waals surface area contributed by atoms with Gasteiger partial charge in [0, 0.05) is 0 Å². The Morgan fingerprint density at radius 2 is 2.19 bits per heavy atom. The molecule has 1 unspecified atom stereocenters. The third-order valence-corrected chi connectivity index (χ3v) is 2.63. The molecule has 0 aromatic heterocycles. The molecule has 4 nitrogen and oxygen atoms in total. The highest BCUT2D eigenvalue weighted by molar-refractivity contribution is 5.80. The molecular weight excluding hydrogens is 204 g/mol. The second-order valence-electron chi connectivity index (χ2n) is 3.72. The molecule has 4 heteroatoms. The van der Waals surface area contributed by atoms with Gasteiger partial charge in [0.25, 0.3) is 5.91 Å². The molecule has 0 heterocycles. The molecule has 1 amide bonds. The van der Waals surface area contributed by atoms with E-state index in [4.69, 9.17) is 10.6 Å². The number of hydrazine groups is 1. The lowest BCUT2D eigenvalue weighted by Crippen LogP contribution is -2.41. The van der Waals surface area contributed by atoms with Gasteiger partial charge in [-0.2, -0.15) is 0 Å². The van der Waals surface area contributed by atoms with Crippen LogP contribution in [0.15, 0.2) is 18.2 Å². The van der Waals surface area contributed by atoms with Crippen LogP contribution >= 0.6 is 0 Å². The van der Waals surface area contributed by atoms with Gasteiger partial charge in [0.2, 0.25) is 0 Å². The molecule has 1 rings (SSSR count). The SMILES string of the molecule is CCC(Oc1cccc(C)c1C)C(=O)NN. The third-order valence-electron chi connectivity index (χ3n) is 2.63. The van der Waals surface area contributed by atoms with Crippen molar-refractivity contribution in [2.45, 2.75) is 33.3 Å². The van der Waals surface area contributed by atoms with Crippen molar-refractivity contribution in [3.63, 3.8) is 0 Å².